The summed E-state index contributed by atoms with van der Waals surface area (Å²) in [6.07, 6.45) is 2.18. The topological polar surface area (TPSA) is 46.3 Å². The van der Waals surface area contributed by atoms with E-state index in [1.54, 1.807) is 11.3 Å². The Kier molecular flexibility index (Phi) is 3.76. The number of carbonyl (C=O) groups excluding carboxylic acids is 1. The monoisotopic (exact) mass is 288 g/mol. The minimum Gasteiger partial charge on any atom is -0.338 e. The molecule has 0 aliphatic carbocycles. The molecule has 2 heterocycles. The number of likely N-dealkylation sites (tertiary alicyclic amines) is 1. The number of benzene rings is 1. The maximum atomic E-state index is 12.6. The lowest BCUT2D eigenvalue weighted by Gasteiger charge is -2.34. The Morgan fingerprint density at radius 2 is 2.30 bits per heavy atom. The van der Waals surface area contributed by atoms with E-state index in [4.69, 9.17) is 5.73 Å². The van der Waals surface area contributed by atoms with Gasteiger partial charge in [-0.05, 0) is 60.7 Å². The van der Waals surface area contributed by atoms with Crippen LogP contribution in [0.5, 0.6) is 0 Å². The summed E-state index contributed by atoms with van der Waals surface area (Å²) in [4.78, 5) is 14.6. The Bertz CT molecular complexity index is 620. The van der Waals surface area contributed by atoms with E-state index in [0.29, 0.717) is 5.92 Å². The molecule has 2 atom stereocenters. The molecule has 3 nitrogen and oxygen atoms in total. The lowest BCUT2D eigenvalue weighted by Crippen LogP contribution is -2.45. The van der Waals surface area contributed by atoms with Crippen molar-refractivity contribution in [3.05, 3.63) is 35.2 Å². The average molecular weight is 288 g/mol. The third-order valence-corrected chi connectivity index (χ3v) is 5.09. The van der Waals surface area contributed by atoms with Gasteiger partial charge in [-0.15, -0.1) is 11.3 Å². The van der Waals surface area contributed by atoms with Gasteiger partial charge in [-0.2, -0.15) is 0 Å². The number of piperidine rings is 1. The van der Waals surface area contributed by atoms with E-state index >= 15 is 0 Å². The van der Waals surface area contributed by atoms with E-state index in [0.717, 1.165) is 36.9 Å². The third-order valence-electron chi connectivity index (χ3n) is 4.19. The van der Waals surface area contributed by atoms with Gasteiger partial charge < -0.3 is 10.6 Å². The van der Waals surface area contributed by atoms with Gasteiger partial charge in [0.15, 0.2) is 0 Å². The van der Waals surface area contributed by atoms with Crippen molar-refractivity contribution < 1.29 is 4.79 Å². The lowest BCUT2D eigenvalue weighted by molar-refractivity contribution is 0.0661. The third kappa shape index (κ3) is 2.58. The van der Waals surface area contributed by atoms with E-state index in [1.165, 1.54) is 4.70 Å². The van der Waals surface area contributed by atoms with Crippen LogP contribution in [0, 0.1) is 5.92 Å². The Hall–Kier alpha value is -1.39. The highest BCUT2D eigenvalue weighted by molar-refractivity contribution is 7.17. The fraction of sp³-hybridized carbons (Fsp3) is 0.438. The van der Waals surface area contributed by atoms with Gasteiger partial charge in [0.2, 0.25) is 0 Å². The van der Waals surface area contributed by atoms with Crippen molar-refractivity contribution in [3.8, 4) is 0 Å². The van der Waals surface area contributed by atoms with Crippen molar-refractivity contribution in [2.45, 2.75) is 25.8 Å². The predicted octanol–water partition coefficient (Wildman–Crippen LogP) is 3.10. The molecule has 106 valence electrons. The highest BCUT2D eigenvalue weighted by Gasteiger charge is 2.26. The normalized spacial score (nSPS) is 21.1. The Labute approximate surface area is 123 Å². The molecular weight excluding hydrogens is 268 g/mol. The van der Waals surface area contributed by atoms with E-state index in [9.17, 15) is 4.79 Å². The number of fused-ring (bicyclic) bond motifs is 1. The average Bonchev–Trinajstić information content (AvgIpc) is 2.94. The highest BCUT2D eigenvalue weighted by Crippen LogP contribution is 2.24. The van der Waals surface area contributed by atoms with Crippen LogP contribution in [0.15, 0.2) is 29.6 Å². The summed E-state index contributed by atoms with van der Waals surface area (Å²) in [6, 6.07) is 8.21. The summed E-state index contributed by atoms with van der Waals surface area (Å²) < 4.78 is 1.23. The fourth-order valence-electron chi connectivity index (χ4n) is 2.91. The van der Waals surface area contributed by atoms with E-state index in [-0.39, 0.29) is 11.9 Å². The number of thiophene rings is 1. The largest absolute Gasteiger partial charge is 0.338 e. The zero-order valence-corrected chi connectivity index (χ0v) is 12.5. The van der Waals surface area contributed by atoms with Gasteiger partial charge in [-0.25, -0.2) is 0 Å². The number of hydrogen-bond acceptors (Lipinski definition) is 3. The maximum Gasteiger partial charge on any atom is 0.253 e. The van der Waals surface area contributed by atoms with E-state index in [2.05, 4.69) is 11.4 Å². The molecule has 20 heavy (non-hydrogen) atoms. The Morgan fingerprint density at radius 3 is 3.10 bits per heavy atom. The zero-order chi connectivity index (χ0) is 14.1. The van der Waals surface area contributed by atoms with Gasteiger partial charge in [-0.1, -0.05) is 0 Å². The first-order chi connectivity index (χ1) is 9.65. The van der Waals surface area contributed by atoms with E-state index < -0.39 is 0 Å². The first-order valence-electron chi connectivity index (χ1n) is 7.17. The van der Waals surface area contributed by atoms with Crippen molar-refractivity contribution >= 4 is 27.3 Å². The molecule has 1 saturated heterocycles. The number of rotatable bonds is 2. The van der Waals surface area contributed by atoms with Gasteiger partial charge in [0.05, 0.1) is 0 Å². The number of nitrogens with two attached hydrogens (primary N) is 1. The van der Waals surface area contributed by atoms with Gasteiger partial charge in [0, 0.05) is 29.4 Å². The SMILES string of the molecule is C[C@@H](N)[C@H]1CCCN(C(=O)c2ccc3sccc3c2)C1. The highest BCUT2D eigenvalue weighted by atomic mass is 32.1. The number of carbonyl (C=O) groups is 1. The van der Waals surface area contributed by atoms with Gasteiger partial charge in [-0.3, -0.25) is 4.79 Å². The van der Waals surface area contributed by atoms with Crippen molar-refractivity contribution in [2.24, 2.45) is 11.7 Å². The van der Waals surface area contributed by atoms with Crippen LogP contribution < -0.4 is 5.73 Å². The molecule has 1 aliphatic rings. The summed E-state index contributed by atoms with van der Waals surface area (Å²) in [6.45, 7) is 3.68. The molecule has 1 amide bonds. The molecule has 2 aromatic rings. The summed E-state index contributed by atoms with van der Waals surface area (Å²) in [5, 5.41) is 3.22. The first kappa shape index (κ1) is 13.6. The molecule has 1 aromatic carbocycles. The van der Waals surface area contributed by atoms with Gasteiger partial charge in [0.1, 0.15) is 0 Å². The van der Waals surface area contributed by atoms with Crippen LogP contribution in [0.1, 0.15) is 30.1 Å². The maximum absolute atomic E-state index is 12.6. The molecule has 1 aliphatic heterocycles. The molecule has 0 unspecified atom stereocenters. The summed E-state index contributed by atoms with van der Waals surface area (Å²) in [5.74, 6) is 0.570. The second kappa shape index (κ2) is 5.54. The molecule has 3 rings (SSSR count). The molecule has 0 radical (unpaired) electrons. The van der Waals surface area contributed by atoms with Crippen LogP contribution in [0.25, 0.3) is 10.1 Å². The number of hydrogen-bond donors (Lipinski definition) is 1. The quantitative estimate of drug-likeness (QED) is 0.923. The van der Waals surface area contributed by atoms with Crippen LogP contribution >= 0.6 is 11.3 Å². The second-order valence-electron chi connectivity index (χ2n) is 5.69. The Morgan fingerprint density at radius 1 is 1.45 bits per heavy atom. The Balaban J connectivity index is 1.80. The summed E-state index contributed by atoms with van der Waals surface area (Å²) >= 11 is 1.71. The lowest BCUT2D eigenvalue weighted by atomic mass is 9.92. The molecule has 4 heteroatoms. The minimum atomic E-state index is 0.142. The molecule has 1 aromatic heterocycles. The van der Waals surface area contributed by atoms with Crippen LogP contribution in [-0.2, 0) is 0 Å². The summed E-state index contributed by atoms with van der Waals surface area (Å²) in [7, 11) is 0. The van der Waals surface area contributed by atoms with Crippen molar-refractivity contribution in [1.82, 2.24) is 4.90 Å². The molecule has 0 spiro atoms. The van der Waals surface area contributed by atoms with Crippen LogP contribution in [0.4, 0.5) is 0 Å². The van der Waals surface area contributed by atoms with Crippen molar-refractivity contribution in [3.63, 3.8) is 0 Å². The second-order valence-corrected chi connectivity index (χ2v) is 6.63. The van der Waals surface area contributed by atoms with Crippen molar-refractivity contribution in [1.29, 1.82) is 0 Å². The van der Waals surface area contributed by atoms with Gasteiger partial charge in [0.25, 0.3) is 5.91 Å². The van der Waals surface area contributed by atoms with E-state index in [1.807, 2.05) is 30.0 Å². The van der Waals surface area contributed by atoms with Crippen molar-refractivity contribution in [2.75, 3.05) is 13.1 Å². The summed E-state index contributed by atoms with van der Waals surface area (Å²) in [5.41, 5.74) is 6.78. The van der Waals surface area contributed by atoms with Crippen LogP contribution in [0.2, 0.25) is 0 Å². The predicted molar refractivity (Wildman–Crippen MR) is 84.1 cm³/mol. The molecule has 1 fully saturated rings. The zero-order valence-electron chi connectivity index (χ0n) is 11.7. The number of nitrogens with zero attached hydrogens (tertiary/aromatic N) is 1. The molecule has 0 saturated carbocycles. The smallest absolute Gasteiger partial charge is 0.253 e. The molecule has 2 N–H and O–H groups in total. The minimum absolute atomic E-state index is 0.142. The standard InChI is InChI=1S/C16H20N2OS/c1-11(17)14-3-2-7-18(10-14)16(19)13-4-5-15-12(9-13)6-8-20-15/h4-6,8-9,11,14H,2-3,7,10,17H2,1H3/t11-,14+/m1/s1. The van der Waals surface area contributed by atoms with Crippen LogP contribution in [0.3, 0.4) is 0 Å². The van der Waals surface area contributed by atoms with Gasteiger partial charge >= 0.3 is 0 Å². The van der Waals surface area contributed by atoms with Crippen LogP contribution in [-0.4, -0.2) is 29.9 Å². The molecular formula is C16H20N2OS. The molecule has 0 bridgehead atoms. The number of amides is 1. The fourth-order valence-corrected chi connectivity index (χ4v) is 3.68. The first-order valence-corrected chi connectivity index (χ1v) is 8.05.